The lowest BCUT2D eigenvalue weighted by atomic mass is 10.2. The highest BCUT2D eigenvalue weighted by molar-refractivity contribution is 7.81. The molecular weight excluding hydrogens is 234 g/mol. The number of benzene rings is 1. The van der Waals surface area contributed by atoms with E-state index in [-0.39, 0.29) is 0 Å². The molecule has 0 spiro atoms. The molecule has 0 saturated carbocycles. The van der Waals surface area contributed by atoms with E-state index in [1.165, 1.54) is 11.1 Å². The van der Waals surface area contributed by atoms with Crippen LogP contribution in [0.5, 0.6) is 0 Å². The van der Waals surface area contributed by atoms with Gasteiger partial charge in [0, 0.05) is 5.69 Å². The van der Waals surface area contributed by atoms with Gasteiger partial charge in [-0.05, 0) is 43.0 Å². The summed E-state index contributed by atoms with van der Waals surface area (Å²) in [5.74, 6) is 0. The molecule has 1 aromatic carbocycles. The molecule has 0 fully saturated rings. The van der Waals surface area contributed by atoms with Crippen molar-refractivity contribution in [1.82, 2.24) is 0 Å². The Morgan fingerprint density at radius 2 is 1.81 bits per heavy atom. The van der Waals surface area contributed by atoms with Crippen molar-refractivity contribution in [1.29, 1.82) is 0 Å². The van der Waals surface area contributed by atoms with E-state index >= 15 is 0 Å². The molecule has 0 aliphatic carbocycles. The van der Waals surface area contributed by atoms with Crippen LogP contribution >= 0.6 is 23.6 Å². The van der Waals surface area contributed by atoms with Crippen LogP contribution in [0, 0.1) is 13.8 Å². The second-order valence-corrected chi connectivity index (χ2v) is 5.08. The van der Waals surface area contributed by atoms with Crippen molar-refractivity contribution in [3.05, 3.63) is 51.7 Å². The lowest BCUT2D eigenvalue weighted by Gasteiger charge is -2.07. The Kier molecular flexibility index (Phi) is 3.36. The number of anilines is 1. The molecule has 3 heteroatoms. The number of thiophene rings is 1. The van der Waals surface area contributed by atoms with Crippen LogP contribution in [0.4, 0.5) is 5.69 Å². The van der Waals surface area contributed by atoms with Crippen LogP contribution in [0.25, 0.3) is 0 Å². The summed E-state index contributed by atoms with van der Waals surface area (Å²) in [6, 6.07) is 10.3. The Labute approximate surface area is 105 Å². The Hall–Kier alpha value is -1.19. The third-order valence-electron chi connectivity index (χ3n) is 2.38. The number of nitrogens with one attached hydrogen (secondary N) is 1. The minimum Gasteiger partial charge on any atom is -0.345 e. The van der Waals surface area contributed by atoms with Crippen LogP contribution in [0.15, 0.2) is 35.7 Å². The fraction of sp³-hybridized carbons (Fsp3) is 0.154. The molecule has 0 radical (unpaired) electrons. The lowest BCUT2D eigenvalue weighted by Crippen LogP contribution is -2.09. The average Bonchev–Trinajstić information content (AvgIpc) is 2.68. The average molecular weight is 247 g/mol. The summed E-state index contributed by atoms with van der Waals surface area (Å²) in [4.78, 5) is 1.95. The van der Waals surface area contributed by atoms with Gasteiger partial charge in [-0.25, -0.2) is 0 Å². The maximum atomic E-state index is 5.38. The van der Waals surface area contributed by atoms with Gasteiger partial charge in [0.1, 0.15) is 4.99 Å². The highest BCUT2D eigenvalue weighted by Crippen LogP contribution is 2.18. The largest absolute Gasteiger partial charge is 0.345 e. The first kappa shape index (κ1) is 11.3. The van der Waals surface area contributed by atoms with Gasteiger partial charge in [0.15, 0.2) is 0 Å². The van der Waals surface area contributed by atoms with Crippen LogP contribution in [-0.2, 0) is 0 Å². The molecule has 1 heterocycles. The van der Waals surface area contributed by atoms with Gasteiger partial charge in [-0.2, -0.15) is 0 Å². The summed E-state index contributed by atoms with van der Waals surface area (Å²) in [6.07, 6.45) is 0. The van der Waals surface area contributed by atoms with Gasteiger partial charge in [0.25, 0.3) is 0 Å². The summed E-state index contributed by atoms with van der Waals surface area (Å²) in [5.41, 5.74) is 3.53. The molecule has 2 rings (SSSR count). The van der Waals surface area contributed by atoms with Crippen molar-refractivity contribution in [3.8, 4) is 0 Å². The highest BCUT2D eigenvalue weighted by atomic mass is 32.1. The van der Waals surface area contributed by atoms with Crippen molar-refractivity contribution in [2.75, 3.05) is 5.32 Å². The molecule has 0 bridgehead atoms. The van der Waals surface area contributed by atoms with Crippen molar-refractivity contribution in [3.63, 3.8) is 0 Å². The first-order valence-corrected chi connectivity index (χ1v) is 6.38. The van der Waals surface area contributed by atoms with Crippen molar-refractivity contribution in [2.24, 2.45) is 0 Å². The zero-order chi connectivity index (χ0) is 11.5. The topological polar surface area (TPSA) is 12.0 Å². The summed E-state index contributed by atoms with van der Waals surface area (Å²) >= 11 is 7.05. The molecule has 0 aliphatic rings. The number of aryl methyl sites for hydroxylation is 2. The molecule has 82 valence electrons. The van der Waals surface area contributed by atoms with Crippen molar-refractivity contribution < 1.29 is 0 Å². The molecule has 1 N–H and O–H groups in total. The third-order valence-corrected chi connectivity index (χ3v) is 3.85. The standard InChI is InChI=1S/C13H13NS2/c1-9-3-5-11(6-4-9)14-13(15)12-10(2)7-8-16-12/h3-8H,1-2H3,(H,14,15). The molecule has 0 aliphatic heterocycles. The number of hydrogen-bond donors (Lipinski definition) is 1. The van der Waals surface area contributed by atoms with E-state index < -0.39 is 0 Å². The normalized spacial score (nSPS) is 10.1. The predicted octanol–water partition coefficient (Wildman–Crippen LogP) is 4.15. The van der Waals surface area contributed by atoms with Crippen LogP contribution in [-0.4, -0.2) is 4.99 Å². The Balaban J connectivity index is 2.14. The smallest absolute Gasteiger partial charge is 0.121 e. The van der Waals surface area contributed by atoms with E-state index in [4.69, 9.17) is 12.2 Å². The van der Waals surface area contributed by atoms with E-state index in [0.717, 1.165) is 15.6 Å². The highest BCUT2D eigenvalue weighted by Gasteiger charge is 2.06. The van der Waals surface area contributed by atoms with Gasteiger partial charge in [-0.15, -0.1) is 11.3 Å². The number of rotatable bonds is 2. The Morgan fingerprint density at radius 3 is 2.38 bits per heavy atom. The van der Waals surface area contributed by atoms with E-state index in [9.17, 15) is 0 Å². The summed E-state index contributed by atoms with van der Waals surface area (Å²) in [6.45, 7) is 4.15. The minimum atomic E-state index is 0.802. The fourth-order valence-electron chi connectivity index (χ4n) is 1.43. The number of thiocarbonyl (C=S) groups is 1. The molecule has 0 amide bonds. The predicted molar refractivity (Wildman–Crippen MR) is 75.6 cm³/mol. The Morgan fingerprint density at radius 1 is 1.12 bits per heavy atom. The molecule has 2 aromatic rings. The quantitative estimate of drug-likeness (QED) is 0.800. The van der Waals surface area contributed by atoms with Crippen LogP contribution in [0.1, 0.15) is 16.0 Å². The first-order chi connectivity index (χ1) is 7.66. The van der Waals surface area contributed by atoms with Gasteiger partial charge in [0.2, 0.25) is 0 Å². The monoisotopic (exact) mass is 247 g/mol. The van der Waals surface area contributed by atoms with Crippen molar-refractivity contribution >= 4 is 34.2 Å². The van der Waals surface area contributed by atoms with E-state index in [1.54, 1.807) is 11.3 Å². The van der Waals surface area contributed by atoms with Crippen LogP contribution in [0.2, 0.25) is 0 Å². The Bertz CT molecular complexity index is 497. The summed E-state index contributed by atoms with van der Waals surface area (Å²) < 4.78 is 0. The first-order valence-electron chi connectivity index (χ1n) is 5.09. The zero-order valence-electron chi connectivity index (χ0n) is 9.28. The van der Waals surface area contributed by atoms with Gasteiger partial charge in [-0.3, -0.25) is 0 Å². The second-order valence-electron chi connectivity index (χ2n) is 3.75. The lowest BCUT2D eigenvalue weighted by molar-refractivity contribution is 1.47. The fourth-order valence-corrected chi connectivity index (χ4v) is 2.67. The molecular formula is C13H13NS2. The number of hydrogen-bond acceptors (Lipinski definition) is 2. The molecule has 16 heavy (non-hydrogen) atoms. The molecule has 0 saturated heterocycles. The van der Waals surface area contributed by atoms with Crippen molar-refractivity contribution in [2.45, 2.75) is 13.8 Å². The van der Waals surface area contributed by atoms with Gasteiger partial charge in [0.05, 0.1) is 4.88 Å². The molecule has 0 atom stereocenters. The minimum absolute atomic E-state index is 0.802. The van der Waals surface area contributed by atoms with Gasteiger partial charge < -0.3 is 5.32 Å². The second kappa shape index (κ2) is 4.76. The summed E-state index contributed by atoms with van der Waals surface area (Å²) in [5, 5.41) is 5.32. The van der Waals surface area contributed by atoms with E-state index in [0.29, 0.717) is 0 Å². The SMILES string of the molecule is Cc1ccc(NC(=S)c2sccc2C)cc1. The third kappa shape index (κ3) is 2.49. The summed E-state index contributed by atoms with van der Waals surface area (Å²) in [7, 11) is 0. The maximum Gasteiger partial charge on any atom is 0.121 e. The zero-order valence-corrected chi connectivity index (χ0v) is 10.9. The van der Waals surface area contributed by atoms with Gasteiger partial charge >= 0.3 is 0 Å². The van der Waals surface area contributed by atoms with Gasteiger partial charge in [-0.1, -0.05) is 29.9 Å². The van der Waals surface area contributed by atoms with Crippen LogP contribution in [0.3, 0.4) is 0 Å². The van der Waals surface area contributed by atoms with E-state index in [2.05, 4.69) is 42.7 Å². The molecule has 1 aromatic heterocycles. The molecule has 1 nitrogen and oxygen atoms in total. The van der Waals surface area contributed by atoms with E-state index in [1.807, 2.05) is 12.1 Å². The molecule has 0 unspecified atom stereocenters. The van der Waals surface area contributed by atoms with Crippen LogP contribution < -0.4 is 5.32 Å². The maximum absolute atomic E-state index is 5.38.